The number of hydrogen-bond donors (Lipinski definition) is 2. The Morgan fingerprint density at radius 1 is 1.45 bits per heavy atom. The van der Waals surface area contributed by atoms with Gasteiger partial charge in [-0.2, -0.15) is 0 Å². The zero-order valence-electron chi connectivity index (χ0n) is 11.2. The maximum atomic E-state index is 12.4. The molecule has 0 aromatic heterocycles. The van der Waals surface area contributed by atoms with Crippen LogP contribution in [0, 0.1) is 0 Å². The minimum Gasteiger partial charge on any atom is -0.480 e. The lowest BCUT2D eigenvalue weighted by Crippen LogP contribution is -2.35. The van der Waals surface area contributed by atoms with Crippen LogP contribution in [0.25, 0.3) is 0 Å². The van der Waals surface area contributed by atoms with Gasteiger partial charge in [0.25, 0.3) is 0 Å². The van der Waals surface area contributed by atoms with E-state index in [1.807, 2.05) is 0 Å². The highest BCUT2D eigenvalue weighted by molar-refractivity contribution is 8.00. The quantitative estimate of drug-likeness (QED) is 0.774. The van der Waals surface area contributed by atoms with Gasteiger partial charge in [0.05, 0.1) is 21.0 Å². The fraction of sp³-hybridized carbons (Fsp3) is 0.308. The Kier molecular flexibility index (Phi) is 5.33. The lowest BCUT2D eigenvalue weighted by molar-refractivity contribution is -0.138. The highest BCUT2D eigenvalue weighted by Crippen LogP contribution is 2.37. The number of benzene rings is 1. The Hall–Kier alpha value is -1.28. The highest BCUT2D eigenvalue weighted by Gasteiger charge is 2.41. The number of carbonyl (C=O) groups excluding carboxylic acids is 2. The number of thioether (sulfide) groups is 1. The lowest BCUT2D eigenvalue weighted by atomic mass is 10.3. The molecule has 2 atom stereocenters. The molecular formula is C13H12Cl2N2O4S. The second-order valence-corrected chi connectivity index (χ2v) is 6.63. The molecule has 1 aromatic carbocycles. The first-order valence-corrected chi connectivity index (χ1v) is 8.04. The number of nitrogens with zero attached hydrogens (tertiary/aromatic N) is 1. The van der Waals surface area contributed by atoms with Gasteiger partial charge in [0, 0.05) is 12.2 Å². The van der Waals surface area contributed by atoms with E-state index in [1.165, 1.54) is 6.07 Å². The molecule has 22 heavy (non-hydrogen) atoms. The Labute approximate surface area is 140 Å². The van der Waals surface area contributed by atoms with Gasteiger partial charge in [0.15, 0.2) is 0 Å². The number of anilines is 1. The number of halogens is 2. The monoisotopic (exact) mass is 362 g/mol. The van der Waals surface area contributed by atoms with Crippen LogP contribution in [-0.2, 0) is 14.4 Å². The number of carbonyl (C=O) groups is 3. The lowest BCUT2D eigenvalue weighted by Gasteiger charge is -2.17. The SMILES string of the molecule is NC(CSC1CC(=O)N(c2cccc(Cl)c2Cl)C1=O)C(=O)O. The third-order valence-electron chi connectivity index (χ3n) is 3.07. The van der Waals surface area contributed by atoms with Crippen LogP contribution in [0.1, 0.15) is 6.42 Å². The summed E-state index contributed by atoms with van der Waals surface area (Å²) < 4.78 is 0. The molecule has 2 unspecified atom stereocenters. The van der Waals surface area contributed by atoms with E-state index in [4.69, 9.17) is 34.0 Å². The number of nitrogens with two attached hydrogens (primary N) is 1. The van der Waals surface area contributed by atoms with Crippen molar-refractivity contribution in [2.45, 2.75) is 17.7 Å². The average molecular weight is 363 g/mol. The van der Waals surface area contributed by atoms with Crippen LogP contribution in [0.15, 0.2) is 18.2 Å². The maximum Gasteiger partial charge on any atom is 0.321 e. The molecule has 1 aliphatic rings. The molecule has 0 bridgehead atoms. The minimum atomic E-state index is -1.15. The van der Waals surface area contributed by atoms with Crippen molar-refractivity contribution >= 4 is 58.4 Å². The van der Waals surface area contributed by atoms with Gasteiger partial charge in [-0.05, 0) is 12.1 Å². The summed E-state index contributed by atoms with van der Waals surface area (Å²) in [5.41, 5.74) is 5.63. The van der Waals surface area contributed by atoms with Crippen LogP contribution in [0.3, 0.4) is 0 Å². The average Bonchev–Trinajstić information content (AvgIpc) is 2.74. The topological polar surface area (TPSA) is 101 Å². The fourth-order valence-corrected chi connectivity index (χ4v) is 3.41. The first-order valence-electron chi connectivity index (χ1n) is 6.23. The number of aliphatic carboxylic acids is 1. The third-order valence-corrected chi connectivity index (χ3v) is 5.20. The number of carboxylic acid groups (broad SMARTS) is 1. The third kappa shape index (κ3) is 3.38. The van der Waals surface area contributed by atoms with Crippen molar-refractivity contribution in [3.05, 3.63) is 28.2 Å². The Balaban J connectivity index is 2.15. The molecule has 3 N–H and O–H groups in total. The summed E-state index contributed by atoms with van der Waals surface area (Å²) in [6.45, 7) is 0. The van der Waals surface area contributed by atoms with Gasteiger partial charge >= 0.3 is 5.97 Å². The Morgan fingerprint density at radius 3 is 2.77 bits per heavy atom. The highest BCUT2D eigenvalue weighted by atomic mass is 35.5. The summed E-state index contributed by atoms with van der Waals surface area (Å²) in [5.74, 6) is -1.97. The van der Waals surface area contributed by atoms with Gasteiger partial charge in [-0.1, -0.05) is 29.3 Å². The first-order chi connectivity index (χ1) is 10.3. The van der Waals surface area contributed by atoms with Crippen molar-refractivity contribution in [1.29, 1.82) is 0 Å². The normalized spacial score (nSPS) is 19.6. The Bertz CT molecular complexity index is 640. The van der Waals surface area contributed by atoms with E-state index in [0.717, 1.165) is 16.7 Å². The molecule has 9 heteroatoms. The smallest absolute Gasteiger partial charge is 0.321 e. The Morgan fingerprint density at radius 2 is 2.14 bits per heavy atom. The first kappa shape index (κ1) is 17.1. The minimum absolute atomic E-state index is 0.0291. The number of carboxylic acids is 1. The van der Waals surface area contributed by atoms with Gasteiger partial charge in [-0.15, -0.1) is 11.8 Å². The number of imide groups is 1. The van der Waals surface area contributed by atoms with E-state index < -0.39 is 29.1 Å². The molecule has 1 aromatic rings. The predicted octanol–water partition coefficient (Wildman–Crippen LogP) is 1.77. The van der Waals surface area contributed by atoms with Gasteiger partial charge in [-0.25, -0.2) is 4.90 Å². The van der Waals surface area contributed by atoms with E-state index in [2.05, 4.69) is 0 Å². The van der Waals surface area contributed by atoms with Gasteiger partial charge in [0.2, 0.25) is 11.8 Å². The van der Waals surface area contributed by atoms with Crippen LogP contribution in [0.5, 0.6) is 0 Å². The predicted molar refractivity (Wildman–Crippen MR) is 85.4 cm³/mol. The van der Waals surface area contributed by atoms with Crippen LogP contribution in [0.4, 0.5) is 5.69 Å². The van der Waals surface area contributed by atoms with E-state index >= 15 is 0 Å². The fourth-order valence-electron chi connectivity index (χ4n) is 1.94. The molecule has 1 saturated heterocycles. The molecule has 1 heterocycles. The molecule has 2 amide bonds. The zero-order valence-corrected chi connectivity index (χ0v) is 13.5. The summed E-state index contributed by atoms with van der Waals surface area (Å²) in [6, 6.07) is 3.58. The molecule has 0 saturated carbocycles. The largest absolute Gasteiger partial charge is 0.480 e. The van der Waals surface area contributed by atoms with Crippen molar-refractivity contribution < 1.29 is 19.5 Å². The molecule has 1 fully saturated rings. The van der Waals surface area contributed by atoms with Crippen molar-refractivity contribution in [3.8, 4) is 0 Å². The van der Waals surface area contributed by atoms with Gasteiger partial charge in [-0.3, -0.25) is 14.4 Å². The van der Waals surface area contributed by atoms with Crippen LogP contribution >= 0.6 is 35.0 Å². The molecule has 0 radical (unpaired) electrons. The summed E-state index contributed by atoms with van der Waals surface area (Å²) in [7, 11) is 0. The van der Waals surface area contributed by atoms with Crippen molar-refractivity contribution in [3.63, 3.8) is 0 Å². The molecule has 118 valence electrons. The summed E-state index contributed by atoms with van der Waals surface area (Å²) >= 11 is 13.0. The van der Waals surface area contributed by atoms with Crippen molar-refractivity contribution in [2.75, 3.05) is 10.7 Å². The second kappa shape index (κ2) is 6.87. The van der Waals surface area contributed by atoms with E-state index in [1.54, 1.807) is 12.1 Å². The number of rotatable bonds is 5. The number of amides is 2. The molecule has 0 aliphatic carbocycles. The van der Waals surface area contributed by atoms with Gasteiger partial charge < -0.3 is 10.8 Å². The van der Waals surface area contributed by atoms with Crippen LogP contribution < -0.4 is 10.6 Å². The van der Waals surface area contributed by atoms with E-state index in [-0.39, 0.29) is 27.9 Å². The second-order valence-electron chi connectivity index (χ2n) is 4.61. The zero-order chi connectivity index (χ0) is 16.4. The number of hydrogen-bond acceptors (Lipinski definition) is 5. The molecule has 1 aliphatic heterocycles. The maximum absolute atomic E-state index is 12.4. The summed E-state index contributed by atoms with van der Waals surface area (Å²) in [5, 5.41) is 8.43. The van der Waals surface area contributed by atoms with Crippen LogP contribution in [-0.4, -0.2) is 39.9 Å². The molecule has 2 rings (SSSR count). The molecular weight excluding hydrogens is 351 g/mol. The summed E-state index contributed by atoms with van der Waals surface area (Å²) in [4.78, 5) is 36.1. The van der Waals surface area contributed by atoms with E-state index in [0.29, 0.717) is 0 Å². The molecule has 6 nitrogen and oxygen atoms in total. The van der Waals surface area contributed by atoms with Crippen molar-refractivity contribution in [1.82, 2.24) is 0 Å². The van der Waals surface area contributed by atoms with Gasteiger partial charge in [0.1, 0.15) is 6.04 Å². The van der Waals surface area contributed by atoms with Crippen LogP contribution in [0.2, 0.25) is 10.0 Å². The molecule has 0 spiro atoms. The van der Waals surface area contributed by atoms with Crippen molar-refractivity contribution in [2.24, 2.45) is 5.73 Å². The van der Waals surface area contributed by atoms with E-state index in [9.17, 15) is 14.4 Å². The summed E-state index contributed by atoms with van der Waals surface area (Å²) in [6.07, 6.45) is -0.0291. The standard InChI is InChI=1S/C13H12Cl2N2O4S/c14-6-2-1-3-8(11(6)15)17-10(18)4-9(12(17)19)22-5-7(16)13(20)21/h1-3,7,9H,4-5,16H2,(H,20,21).